The highest BCUT2D eigenvalue weighted by Crippen LogP contribution is 2.46. The van der Waals surface area contributed by atoms with E-state index in [1.165, 1.54) is 36.0 Å². The summed E-state index contributed by atoms with van der Waals surface area (Å²) in [5.41, 5.74) is 11.5. The molecule has 2 aliphatic rings. The Hall–Kier alpha value is -1.64. The fourth-order valence-electron chi connectivity index (χ4n) is 4.36. The second-order valence-electron chi connectivity index (χ2n) is 7.30. The van der Waals surface area contributed by atoms with E-state index in [2.05, 4.69) is 68.0 Å². The number of aryl methyl sites for hydroxylation is 2. The molecule has 0 saturated heterocycles. The smallest absolute Gasteiger partial charge is 0.106 e. The molecule has 23 heavy (non-hydrogen) atoms. The molecule has 2 aromatic carbocycles. The van der Waals surface area contributed by atoms with Gasteiger partial charge in [-0.3, -0.25) is 0 Å². The van der Waals surface area contributed by atoms with Crippen LogP contribution < -0.4 is 0 Å². The molecule has 2 aromatic rings. The van der Waals surface area contributed by atoms with Crippen molar-refractivity contribution in [1.29, 1.82) is 0 Å². The van der Waals surface area contributed by atoms with Crippen LogP contribution >= 0.6 is 0 Å². The van der Waals surface area contributed by atoms with Crippen LogP contribution in [-0.4, -0.2) is 28.3 Å². The summed E-state index contributed by atoms with van der Waals surface area (Å²) in [5, 5.41) is 0. The predicted molar refractivity (Wildman–Crippen MR) is 102 cm³/mol. The highest BCUT2D eigenvalue weighted by atomic mass is 28.2. The van der Waals surface area contributed by atoms with Gasteiger partial charge in [-0.1, -0.05) is 48.0 Å². The third-order valence-electron chi connectivity index (χ3n) is 5.44. The van der Waals surface area contributed by atoms with E-state index in [0.717, 1.165) is 0 Å². The first-order valence-electron chi connectivity index (χ1n) is 8.72. The lowest BCUT2D eigenvalue weighted by Gasteiger charge is -2.19. The van der Waals surface area contributed by atoms with Crippen LogP contribution in [-0.2, 0) is 12.8 Å². The Kier molecular flexibility index (Phi) is 3.74. The van der Waals surface area contributed by atoms with Crippen molar-refractivity contribution in [2.75, 3.05) is 14.1 Å². The van der Waals surface area contributed by atoms with Gasteiger partial charge in [-0.15, -0.1) is 0 Å². The summed E-state index contributed by atoms with van der Waals surface area (Å²) in [4.78, 5) is 0. The van der Waals surface area contributed by atoms with E-state index < -0.39 is 0 Å². The molecule has 1 nitrogen and oxygen atoms in total. The average Bonchev–Trinajstić information content (AvgIpc) is 3.09. The molecular weight excluding hydrogens is 294 g/mol. The average molecular weight is 320 g/mol. The van der Waals surface area contributed by atoms with Crippen LogP contribution in [0.15, 0.2) is 48.0 Å². The molecule has 0 saturated carbocycles. The second-order valence-corrected chi connectivity index (χ2v) is 9.75. The molecule has 0 amide bonds. The minimum absolute atomic E-state index is 0.310. The Labute approximate surface area is 141 Å². The molecule has 4 rings (SSSR count). The fraction of sp³-hybridized carbons (Fsp3) is 0.333. The standard InChI is InChI=1S/C21H25NSi/c1-14-20(15-8-5-4-6-9-15)18-12-16-10-7-11-17(16)13-19(18)21(14)23-22(2)3/h4-6,8-9,12-13,21H,7,10-11,23H2,1-3H3. The first-order chi connectivity index (χ1) is 11.1. The lowest BCUT2D eigenvalue weighted by atomic mass is 9.95. The van der Waals surface area contributed by atoms with Crippen LogP contribution in [0.25, 0.3) is 5.57 Å². The monoisotopic (exact) mass is 319 g/mol. The van der Waals surface area contributed by atoms with Gasteiger partial charge in [-0.25, -0.2) is 0 Å². The van der Waals surface area contributed by atoms with Crippen molar-refractivity contribution < 1.29 is 0 Å². The Balaban J connectivity index is 1.90. The lowest BCUT2D eigenvalue weighted by molar-refractivity contribution is 0.649. The maximum absolute atomic E-state index is 2.55. The zero-order valence-electron chi connectivity index (χ0n) is 14.4. The Morgan fingerprint density at radius 1 is 1.00 bits per heavy atom. The SMILES string of the molecule is CC1=C(c2ccccc2)c2cc3c(cc2C1[SiH2]N(C)C)CCC3. The first kappa shape index (κ1) is 14.9. The first-order valence-corrected chi connectivity index (χ1v) is 10.2. The maximum Gasteiger partial charge on any atom is 0.106 e. The minimum Gasteiger partial charge on any atom is -0.334 e. The topological polar surface area (TPSA) is 3.24 Å². The van der Waals surface area contributed by atoms with E-state index in [9.17, 15) is 0 Å². The maximum atomic E-state index is 2.55. The summed E-state index contributed by atoms with van der Waals surface area (Å²) in [6.45, 7) is 2.37. The summed E-state index contributed by atoms with van der Waals surface area (Å²) in [5.74, 6) is 0. The molecule has 0 bridgehead atoms. The Morgan fingerprint density at radius 3 is 2.39 bits per heavy atom. The van der Waals surface area contributed by atoms with Crippen molar-refractivity contribution in [3.05, 3.63) is 75.9 Å². The Bertz CT molecular complexity index is 774. The van der Waals surface area contributed by atoms with Crippen LogP contribution in [0.5, 0.6) is 0 Å². The molecule has 0 N–H and O–H groups in total. The number of hydrogen-bond donors (Lipinski definition) is 0. The van der Waals surface area contributed by atoms with E-state index in [4.69, 9.17) is 0 Å². The number of fused-ring (bicyclic) bond motifs is 2. The molecule has 0 spiro atoms. The van der Waals surface area contributed by atoms with Gasteiger partial charge in [0.1, 0.15) is 9.68 Å². The number of nitrogens with zero attached hydrogens (tertiary/aromatic N) is 1. The van der Waals surface area contributed by atoms with Gasteiger partial charge in [-0.05, 0) is 73.7 Å². The van der Waals surface area contributed by atoms with Gasteiger partial charge in [-0.2, -0.15) is 0 Å². The van der Waals surface area contributed by atoms with E-state index in [1.54, 1.807) is 22.3 Å². The van der Waals surface area contributed by atoms with Gasteiger partial charge >= 0.3 is 0 Å². The van der Waals surface area contributed by atoms with Gasteiger partial charge in [0.05, 0.1) is 0 Å². The molecule has 0 heterocycles. The normalized spacial score (nSPS) is 19.9. The zero-order valence-corrected chi connectivity index (χ0v) is 15.8. The lowest BCUT2D eigenvalue weighted by Crippen LogP contribution is -2.24. The summed E-state index contributed by atoms with van der Waals surface area (Å²) in [6, 6.07) is 16.1. The zero-order chi connectivity index (χ0) is 16.0. The highest BCUT2D eigenvalue weighted by Gasteiger charge is 2.31. The number of benzene rings is 2. The molecular formula is C21H25NSi. The van der Waals surface area contributed by atoms with Gasteiger partial charge in [0.15, 0.2) is 0 Å². The van der Waals surface area contributed by atoms with Gasteiger partial charge in [0.2, 0.25) is 0 Å². The second kappa shape index (κ2) is 5.77. The van der Waals surface area contributed by atoms with Gasteiger partial charge < -0.3 is 4.57 Å². The number of rotatable bonds is 3. The summed E-state index contributed by atoms with van der Waals surface area (Å²) in [6.07, 6.45) is 3.87. The van der Waals surface area contributed by atoms with Crippen molar-refractivity contribution in [3.63, 3.8) is 0 Å². The quantitative estimate of drug-likeness (QED) is 0.780. The van der Waals surface area contributed by atoms with Crippen LogP contribution in [0.2, 0.25) is 0 Å². The third-order valence-corrected chi connectivity index (χ3v) is 7.58. The Morgan fingerprint density at radius 2 is 1.70 bits per heavy atom. The van der Waals surface area contributed by atoms with Crippen LogP contribution in [0, 0.1) is 0 Å². The molecule has 1 atom stereocenters. The molecule has 2 aliphatic carbocycles. The highest BCUT2D eigenvalue weighted by molar-refractivity contribution is 6.37. The van der Waals surface area contributed by atoms with Crippen molar-refractivity contribution in [2.45, 2.75) is 31.7 Å². The number of hydrogen-bond acceptors (Lipinski definition) is 1. The molecule has 0 aliphatic heterocycles. The van der Waals surface area contributed by atoms with Crippen molar-refractivity contribution >= 4 is 15.3 Å². The van der Waals surface area contributed by atoms with Gasteiger partial charge in [0, 0.05) is 5.54 Å². The molecule has 0 radical (unpaired) electrons. The van der Waals surface area contributed by atoms with E-state index in [0.29, 0.717) is 5.54 Å². The fourth-order valence-corrected chi connectivity index (χ4v) is 6.10. The van der Waals surface area contributed by atoms with Crippen molar-refractivity contribution in [2.24, 2.45) is 0 Å². The predicted octanol–water partition coefficient (Wildman–Crippen LogP) is 3.70. The molecule has 0 aromatic heterocycles. The minimum atomic E-state index is -0.310. The van der Waals surface area contributed by atoms with Crippen LogP contribution in [0.3, 0.4) is 0 Å². The van der Waals surface area contributed by atoms with Crippen LogP contribution in [0.4, 0.5) is 0 Å². The van der Waals surface area contributed by atoms with Crippen molar-refractivity contribution in [1.82, 2.24) is 4.57 Å². The molecule has 2 heteroatoms. The third kappa shape index (κ3) is 2.50. The molecule has 0 fully saturated rings. The van der Waals surface area contributed by atoms with Crippen molar-refractivity contribution in [3.8, 4) is 0 Å². The summed E-state index contributed by atoms with van der Waals surface area (Å²) < 4.78 is 2.46. The van der Waals surface area contributed by atoms with Gasteiger partial charge in [0.25, 0.3) is 0 Å². The molecule has 1 unspecified atom stereocenters. The van der Waals surface area contributed by atoms with Crippen LogP contribution in [0.1, 0.15) is 46.7 Å². The summed E-state index contributed by atoms with van der Waals surface area (Å²) >= 11 is 0. The largest absolute Gasteiger partial charge is 0.334 e. The van der Waals surface area contributed by atoms with E-state index in [1.807, 2.05) is 0 Å². The van der Waals surface area contributed by atoms with E-state index in [-0.39, 0.29) is 9.68 Å². The van der Waals surface area contributed by atoms with E-state index >= 15 is 0 Å². The number of allylic oxidation sites excluding steroid dienone is 1. The summed E-state index contributed by atoms with van der Waals surface area (Å²) in [7, 11) is 4.18. The molecule has 118 valence electrons.